The third-order valence-corrected chi connectivity index (χ3v) is 2.95. The van der Waals surface area contributed by atoms with E-state index in [1.165, 1.54) is 22.4 Å². The lowest BCUT2D eigenvalue weighted by atomic mass is 9.90. The highest BCUT2D eigenvalue weighted by molar-refractivity contribution is 5.80. The first kappa shape index (κ1) is 13.1. The SMILES string of the molecule is CCc1ccc2c(c1)C(C)=CC(C)(C)N2.[Cl-]. The number of benzene rings is 1. The van der Waals surface area contributed by atoms with Crippen LogP contribution in [0.3, 0.4) is 0 Å². The molecule has 2 rings (SSSR count). The molecule has 1 heterocycles. The van der Waals surface area contributed by atoms with E-state index in [2.05, 4.69) is 57.3 Å². The topological polar surface area (TPSA) is 12.0 Å². The zero-order chi connectivity index (χ0) is 11.1. The summed E-state index contributed by atoms with van der Waals surface area (Å²) < 4.78 is 0. The highest BCUT2D eigenvalue weighted by Gasteiger charge is 2.21. The van der Waals surface area contributed by atoms with Gasteiger partial charge in [0.2, 0.25) is 0 Å². The molecule has 0 aromatic heterocycles. The van der Waals surface area contributed by atoms with Crippen LogP contribution in [-0.4, -0.2) is 5.54 Å². The molecular formula is C14H19ClN-. The van der Waals surface area contributed by atoms with Gasteiger partial charge in [-0.3, -0.25) is 0 Å². The lowest BCUT2D eigenvalue weighted by Crippen LogP contribution is -3.00. The van der Waals surface area contributed by atoms with Crippen LogP contribution in [0.5, 0.6) is 0 Å². The smallest absolute Gasteiger partial charge is 0.0505 e. The van der Waals surface area contributed by atoms with E-state index in [9.17, 15) is 0 Å². The summed E-state index contributed by atoms with van der Waals surface area (Å²) in [6, 6.07) is 6.70. The summed E-state index contributed by atoms with van der Waals surface area (Å²) in [6.07, 6.45) is 3.40. The van der Waals surface area contributed by atoms with Crippen molar-refractivity contribution in [3.8, 4) is 0 Å². The number of fused-ring (bicyclic) bond motifs is 1. The van der Waals surface area contributed by atoms with Crippen LogP contribution in [0.2, 0.25) is 0 Å². The van der Waals surface area contributed by atoms with Gasteiger partial charge in [0.05, 0.1) is 5.54 Å². The Bertz CT molecular complexity index is 419. The Balaban J connectivity index is 0.00000128. The molecule has 1 aromatic carbocycles. The van der Waals surface area contributed by atoms with Gasteiger partial charge in [-0.25, -0.2) is 0 Å². The van der Waals surface area contributed by atoms with E-state index in [1.807, 2.05) is 0 Å². The summed E-state index contributed by atoms with van der Waals surface area (Å²) >= 11 is 0. The standard InChI is InChI=1S/C14H19N.ClH/c1-5-11-6-7-13-12(8-11)10(2)9-14(3,4)15-13;/h6-9,15H,5H2,1-4H3;1H/p-1. The van der Waals surface area contributed by atoms with Crippen LogP contribution < -0.4 is 17.7 Å². The summed E-state index contributed by atoms with van der Waals surface area (Å²) in [7, 11) is 0. The third-order valence-electron chi connectivity index (χ3n) is 2.95. The second-order valence-corrected chi connectivity index (χ2v) is 4.91. The molecule has 0 unspecified atom stereocenters. The third kappa shape index (κ3) is 2.41. The van der Waals surface area contributed by atoms with E-state index in [-0.39, 0.29) is 17.9 Å². The fourth-order valence-electron chi connectivity index (χ4n) is 2.25. The van der Waals surface area contributed by atoms with Gasteiger partial charge < -0.3 is 17.7 Å². The number of hydrogen-bond acceptors (Lipinski definition) is 1. The van der Waals surface area contributed by atoms with Gasteiger partial charge in [-0.1, -0.05) is 19.1 Å². The van der Waals surface area contributed by atoms with Crippen LogP contribution in [0, 0.1) is 0 Å². The Hall–Kier alpha value is -0.950. The lowest BCUT2D eigenvalue weighted by molar-refractivity contribution is -0.00000351. The Labute approximate surface area is 104 Å². The fourth-order valence-corrected chi connectivity index (χ4v) is 2.25. The Morgan fingerprint density at radius 1 is 1.25 bits per heavy atom. The van der Waals surface area contributed by atoms with Crippen molar-refractivity contribution in [2.75, 3.05) is 5.32 Å². The lowest BCUT2D eigenvalue weighted by Gasteiger charge is -2.31. The van der Waals surface area contributed by atoms with Gasteiger partial charge in [0, 0.05) is 11.3 Å². The van der Waals surface area contributed by atoms with Crippen molar-refractivity contribution in [2.24, 2.45) is 0 Å². The van der Waals surface area contributed by atoms with Gasteiger partial charge in [-0.2, -0.15) is 0 Å². The first-order chi connectivity index (χ1) is 7.02. The van der Waals surface area contributed by atoms with Crippen molar-refractivity contribution in [1.29, 1.82) is 0 Å². The molecule has 0 saturated carbocycles. The van der Waals surface area contributed by atoms with Gasteiger partial charge in [0.15, 0.2) is 0 Å². The van der Waals surface area contributed by atoms with Crippen LogP contribution in [0.4, 0.5) is 5.69 Å². The van der Waals surface area contributed by atoms with E-state index in [4.69, 9.17) is 0 Å². The van der Waals surface area contributed by atoms with Crippen molar-refractivity contribution in [3.05, 3.63) is 35.4 Å². The molecule has 0 atom stereocenters. The van der Waals surface area contributed by atoms with E-state index in [0.717, 1.165) is 6.42 Å². The van der Waals surface area contributed by atoms with Gasteiger partial charge >= 0.3 is 0 Å². The molecule has 16 heavy (non-hydrogen) atoms. The Kier molecular flexibility index (Phi) is 3.69. The van der Waals surface area contributed by atoms with Crippen LogP contribution >= 0.6 is 0 Å². The number of halogens is 1. The number of nitrogens with one attached hydrogen (secondary N) is 1. The number of anilines is 1. The fraction of sp³-hybridized carbons (Fsp3) is 0.429. The van der Waals surface area contributed by atoms with Crippen molar-refractivity contribution in [1.82, 2.24) is 0 Å². The highest BCUT2D eigenvalue weighted by atomic mass is 35.5. The minimum absolute atomic E-state index is 0. The van der Waals surface area contributed by atoms with E-state index in [0.29, 0.717) is 0 Å². The molecule has 1 N–H and O–H groups in total. The molecule has 1 aliphatic heterocycles. The summed E-state index contributed by atoms with van der Waals surface area (Å²) in [4.78, 5) is 0. The molecule has 1 aliphatic rings. The monoisotopic (exact) mass is 236 g/mol. The normalized spacial score (nSPS) is 16.6. The summed E-state index contributed by atoms with van der Waals surface area (Å²) in [6.45, 7) is 8.79. The van der Waals surface area contributed by atoms with Crippen LogP contribution in [-0.2, 0) is 6.42 Å². The van der Waals surface area contributed by atoms with E-state index < -0.39 is 0 Å². The minimum Gasteiger partial charge on any atom is -1.00 e. The maximum atomic E-state index is 3.54. The van der Waals surface area contributed by atoms with E-state index in [1.54, 1.807) is 0 Å². The molecule has 1 nitrogen and oxygen atoms in total. The quantitative estimate of drug-likeness (QED) is 0.763. The summed E-state index contributed by atoms with van der Waals surface area (Å²) in [5, 5.41) is 3.54. The first-order valence-corrected chi connectivity index (χ1v) is 5.63. The largest absolute Gasteiger partial charge is 1.00 e. The number of hydrogen-bond donors (Lipinski definition) is 1. The number of aryl methyl sites for hydroxylation is 1. The van der Waals surface area contributed by atoms with Crippen LogP contribution in [0.1, 0.15) is 38.8 Å². The maximum Gasteiger partial charge on any atom is 0.0505 e. The first-order valence-electron chi connectivity index (χ1n) is 5.63. The minimum atomic E-state index is 0. The zero-order valence-electron chi connectivity index (χ0n) is 10.4. The predicted molar refractivity (Wildman–Crippen MR) is 67.2 cm³/mol. The van der Waals surface area contributed by atoms with Crippen LogP contribution in [0.25, 0.3) is 5.57 Å². The van der Waals surface area contributed by atoms with Crippen LogP contribution in [0.15, 0.2) is 24.3 Å². The molecular weight excluding hydrogens is 218 g/mol. The average molecular weight is 237 g/mol. The maximum absolute atomic E-state index is 3.54. The molecule has 0 saturated heterocycles. The second kappa shape index (κ2) is 4.50. The second-order valence-electron chi connectivity index (χ2n) is 4.91. The molecule has 0 radical (unpaired) electrons. The number of allylic oxidation sites excluding steroid dienone is 1. The Morgan fingerprint density at radius 3 is 2.56 bits per heavy atom. The molecule has 0 bridgehead atoms. The van der Waals surface area contributed by atoms with Gasteiger partial charge in [-0.15, -0.1) is 0 Å². The van der Waals surface area contributed by atoms with Crippen molar-refractivity contribution >= 4 is 11.3 Å². The highest BCUT2D eigenvalue weighted by Crippen LogP contribution is 2.33. The molecule has 88 valence electrons. The van der Waals surface area contributed by atoms with Crippen molar-refractivity contribution in [2.45, 2.75) is 39.7 Å². The molecule has 0 amide bonds. The molecule has 0 spiro atoms. The molecule has 1 aromatic rings. The van der Waals surface area contributed by atoms with Crippen molar-refractivity contribution in [3.63, 3.8) is 0 Å². The average Bonchev–Trinajstić information content (AvgIpc) is 2.15. The summed E-state index contributed by atoms with van der Waals surface area (Å²) in [5.41, 5.74) is 5.48. The molecule has 0 aliphatic carbocycles. The zero-order valence-corrected chi connectivity index (χ0v) is 11.2. The van der Waals surface area contributed by atoms with Gasteiger partial charge in [-0.05, 0) is 50.5 Å². The van der Waals surface area contributed by atoms with Gasteiger partial charge in [0.25, 0.3) is 0 Å². The number of rotatable bonds is 1. The van der Waals surface area contributed by atoms with Gasteiger partial charge in [0.1, 0.15) is 0 Å². The molecule has 2 heteroatoms. The summed E-state index contributed by atoms with van der Waals surface area (Å²) in [5.74, 6) is 0. The molecule has 0 fully saturated rings. The van der Waals surface area contributed by atoms with E-state index >= 15 is 0 Å². The van der Waals surface area contributed by atoms with Crippen molar-refractivity contribution < 1.29 is 12.4 Å². The Morgan fingerprint density at radius 2 is 1.94 bits per heavy atom. The predicted octanol–water partition coefficient (Wildman–Crippen LogP) is 0.860.